The number of rotatable bonds is 2. The van der Waals surface area contributed by atoms with Gasteiger partial charge in [0.25, 0.3) is 0 Å². The molecule has 1 aromatic heterocycles. The molecule has 2 heterocycles. The Morgan fingerprint density at radius 1 is 1.53 bits per heavy atom. The van der Waals surface area contributed by atoms with E-state index in [4.69, 9.17) is 5.73 Å². The second-order valence-electron chi connectivity index (χ2n) is 4.12. The summed E-state index contributed by atoms with van der Waals surface area (Å²) >= 11 is 0. The van der Waals surface area contributed by atoms with Crippen molar-refractivity contribution in [2.75, 3.05) is 31.2 Å². The maximum atomic E-state index is 5.72. The highest BCUT2D eigenvalue weighted by molar-refractivity contribution is 5.54. The van der Waals surface area contributed by atoms with Crippen LogP contribution in [0.3, 0.4) is 0 Å². The molecular formula is C10H17N5. The summed E-state index contributed by atoms with van der Waals surface area (Å²) in [6.45, 7) is 4.14. The summed E-state index contributed by atoms with van der Waals surface area (Å²) in [6, 6.07) is 0.475. The lowest BCUT2D eigenvalue weighted by molar-refractivity contribution is 0.414. The van der Waals surface area contributed by atoms with Crippen molar-refractivity contribution < 1.29 is 0 Å². The fraction of sp³-hybridized carbons (Fsp3) is 0.600. The Balaban J connectivity index is 2.07. The number of anilines is 2. The summed E-state index contributed by atoms with van der Waals surface area (Å²) in [7, 11) is 2.13. The SMILES string of the molecule is Cc1c(N)ncnc1NC1CCN(C)C1. The molecular weight excluding hydrogens is 190 g/mol. The molecule has 1 aromatic rings. The van der Waals surface area contributed by atoms with Crippen molar-refractivity contribution in [1.82, 2.24) is 14.9 Å². The van der Waals surface area contributed by atoms with Gasteiger partial charge >= 0.3 is 0 Å². The van der Waals surface area contributed by atoms with Crippen LogP contribution in [0.25, 0.3) is 0 Å². The van der Waals surface area contributed by atoms with Crippen LogP contribution >= 0.6 is 0 Å². The first-order chi connectivity index (χ1) is 7.16. The second-order valence-corrected chi connectivity index (χ2v) is 4.12. The third kappa shape index (κ3) is 2.18. The fourth-order valence-corrected chi connectivity index (χ4v) is 1.86. The van der Waals surface area contributed by atoms with Crippen molar-refractivity contribution >= 4 is 11.6 Å². The Labute approximate surface area is 89.7 Å². The van der Waals surface area contributed by atoms with Crippen molar-refractivity contribution in [2.45, 2.75) is 19.4 Å². The van der Waals surface area contributed by atoms with E-state index >= 15 is 0 Å². The summed E-state index contributed by atoms with van der Waals surface area (Å²) in [4.78, 5) is 10.5. The maximum Gasteiger partial charge on any atom is 0.134 e. The first-order valence-corrected chi connectivity index (χ1v) is 5.19. The highest BCUT2D eigenvalue weighted by Gasteiger charge is 2.20. The summed E-state index contributed by atoms with van der Waals surface area (Å²) in [5, 5.41) is 3.41. The molecule has 5 heteroatoms. The normalized spacial score (nSPS) is 21.9. The van der Waals surface area contributed by atoms with E-state index < -0.39 is 0 Å². The molecule has 1 aliphatic heterocycles. The van der Waals surface area contributed by atoms with Crippen LogP contribution in [0, 0.1) is 6.92 Å². The smallest absolute Gasteiger partial charge is 0.134 e. The molecule has 0 saturated carbocycles. The van der Waals surface area contributed by atoms with Gasteiger partial charge in [0.05, 0.1) is 0 Å². The lowest BCUT2D eigenvalue weighted by Crippen LogP contribution is -2.24. The zero-order chi connectivity index (χ0) is 10.8. The first-order valence-electron chi connectivity index (χ1n) is 5.19. The third-order valence-electron chi connectivity index (χ3n) is 2.86. The Morgan fingerprint density at radius 2 is 2.33 bits per heavy atom. The molecule has 1 atom stereocenters. The molecule has 1 fully saturated rings. The van der Waals surface area contributed by atoms with E-state index in [2.05, 4.69) is 27.2 Å². The molecule has 2 rings (SSSR count). The van der Waals surface area contributed by atoms with Crippen molar-refractivity contribution in [3.05, 3.63) is 11.9 Å². The van der Waals surface area contributed by atoms with E-state index in [-0.39, 0.29) is 0 Å². The van der Waals surface area contributed by atoms with Gasteiger partial charge in [-0.3, -0.25) is 0 Å². The van der Waals surface area contributed by atoms with Gasteiger partial charge in [-0.1, -0.05) is 0 Å². The largest absolute Gasteiger partial charge is 0.383 e. The van der Waals surface area contributed by atoms with Crippen molar-refractivity contribution in [3.8, 4) is 0 Å². The number of hydrogen-bond donors (Lipinski definition) is 2. The Morgan fingerprint density at radius 3 is 3.00 bits per heavy atom. The maximum absolute atomic E-state index is 5.72. The van der Waals surface area contributed by atoms with Crippen LogP contribution in [0.1, 0.15) is 12.0 Å². The lowest BCUT2D eigenvalue weighted by Gasteiger charge is -2.15. The van der Waals surface area contributed by atoms with Crippen LogP contribution in [0.5, 0.6) is 0 Å². The molecule has 0 amide bonds. The summed E-state index contributed by atoms with van der Waals surface area (Å²) in [5.41, 5.74) is 6.66. The number of nitrogens with two attached hydrogens (primary N) is 1. The molecule has 15 heavy (non-hydrogen) atoms. The third-order valence-corrected chi connectivity index (χ3v) is 2.86. The van der Waals surface area contributed by atoms with Gasteiger partial charge in [0.2, 0.25) is 0 Å². The Bertz CT molecular complexity index is 352. The number of nitrogens with one attached hydrogen (secondary N) is 1. The Hall–Kier alpha value is -1.36. The number of likely N-dealkylation sites (tertiary alicyclic amines) is 1. The summed E-state index contributed by atoms with van der Waals surface area (Å²) in [5.74, 6) is 1.42. The molecule has 5 nitrogen and oxygen atoms in total. The van der Waals surface area contributed by atoms with E-state index in [0.29, 0.717) is 11.9 Å². The average Bonchev–Trinajstić information content (AvgIpc) is 2.59. The number of likely N-dealkylation sites (N-methyl/N-ethyl adjacent to an activating group) is 1. The van der Waals surface area contributed by atoms with Gasteiger partial charge in [0.15, 0.2) is 0 Å². The first kappa shape index (κ1) is 10.2. The van der Waals surface area contributed by atoms with Gasteiger partial charge in [0, 0.05) is 18.2 Å². The standard InChI is InChI=1S/C10H17N5/c1-7-9(11)12-6-13-10(7)14-8-3-4-15(2)5-8/h6,8H,3-5H2,1-2H3,(H3,11,12,13,14). The van der Waals surface area contributed by atoms with Crippen LogP contribution in [0.15, 0.2) is 6.33 Å². The number of nitrogens with zero attached hydrogens (tertiary/aromatic N) is 3. The molecule has 1 unspecified atom stereocenters. The summed E-state index contributed by atoms with van der Waals surface area (Å²) in [6.07, 6.45) is 2.66. The molecule has 3 N–H and O–H groups in total. The van der Waals surface area contributed by atoms with Crippen LogP contribution < -0.4 is 11.1 Å². The topological polar surface area (TPSA) is 67.1 Å². The molecule has 0 bridgehead atoms. The minimum atomic E-state index is 0.475. The molecule has 0 radical (unpaired) electrons. The molecule has 82 valence electrons. The van der Waals surface area contributed by atoms with Crippen LogP contribution in [-0.2, 0) is 0 Å². The minimum absolute atomic E-state index is 0.475. The number of aromatic nitrogens is 2. The van der Waals surface area contributed by atoms with Crippen molar-refractivity contribution in [1.29, 1.82) is 0 Å². The van der Waals surface area contributed by atoms with Crippen LogP contribution in [0.4, 0.5) is 11.6 Å². The second kappa shape index (κ2) is 4.02. The van der Waals surface area contributed by atoms with Gasteiger partial charge < -0.3 is 16.0 Å². The molecule has 1 saturated heterocycles. The van der Waals surface area contributed by atoms with Crippen LogP contribution in [0.2, 0.25) is 0 Å². The quantitative estimate of drug-likeness (QED) is 0.738. The average molecular weight is 207 g/mol. The number of nitrogen functional groups attached to an aromatic ring is 1. The highest BCUT2D eigenvalue weighted by Crippen LogP contribution is 2.18. The molecule has 1 aliphatic rings. The zero-order valence-electron chi connectivity index (χ0n) is 9.20. The summed E-state index contributed by atoms with van der Waals surface area (Å²) < 4.78 is 0. The Kier molecular flexibility index (Phi) is 2.73. The fourth-order valence-electron chi connectivity index (χ4n) is 1.86. The van der Waals surface area contributed by atoms with Gasteiger partial charge in [0.1, 0.15) is 18.0 Å². The number of hydrogen-bond acceptors (Lipinski definition) is 5. The monoisotopic (exact) mass is 207 g/mol. The molecule has 0 aliphatic carbocycles. The minimum Gasteiger partial charge on any atom is -0.383 e. The van der Waals surface area contributed by atoms with Gasteiger partial charge in [-0.05, 0) is 26.9 Å². The van der Waals surface area contributed by atoms with E-state index in [9.17, 15) is 0 Å². The van der Waals surface area contributed by atoms with E-state index in [1.807, 2.05) is 6.92 Å². The zero-order valence-corrected chi connectivity index (χ0v) is 9.20. The predicted molar refractivity (Wildman–Crippen MR) is 60.7 cm³/mol. The lowest BCUT2D eigenvalue weighted by atomic mass is 10.2. The highest BCUT2D eigenvalue weighted by atomic mass is 15.2. The van der Waals surface area contributed by atoms with E-state index in [1.165, 1.54) is 6.33 Å². The van der Waals surface area contributed by atoms with Gasteiger partial charge in [-0.15, -0.1) is 0 Å². The van der Waals surface area contributed by atoms with Crippen LogP contribution in [-0.4, -0.2) is 41.0 Å². The van der Waals surface area contributed by atoms with Crippen molar-refractivity contribution in [2.24, 2.45) is 0 Å². The molecule has 0 aromatic carbocycles. The van der Waals surface area contributed by atoms with E-state index in [1.54, 1.807) is 0 Å². The molecule has 0 spiro atoms. The predicted octanol–water partition coefficient (Wildman–Crippen LogP) is 0.483. The van der Waals surface area contributed by atoms with E-state index in [0.717, 1.165) is 30.9 Å². The van der Waals surface area contributed by atoms with Gasteiger partial charge in [-0.25, -0.2) is 9.97 Å². The van der Waals surface area contributed by atoms with Crippen molar-refractivity contribution in [3.63, 3.8) is 0 Å². The van der Waals surface area contributed by atoms with Gasteiger partial charge in [-0.2, -0.15) is 0 Å².